The molecule has 1 aromatic heterocycles. The first-order chi connectivity index (χ1) is 12.2. The fraction of sp³-hybridized carbons (Fsp3) is 0.471. The predicted octanol–water partition coefficient (Wildman–Crippen LogP) is 2.68. The maximum Gasteiger partial charge on any atom is 0.416 e. The van der Waals surface area contributed by atoms with E-state index in [0.29, 0.717) is 24.7 Å². The first kappa shape index (κ1) is 18.4. The van der Waals surface area contributed by atoms with E-state index in [0.717, 1.165) is 17.7 Å². The zero-order chi connectivity index (χ0) is 19.1. The number of hydrogen-bond acceptors (Lipinski definition) is 4. The van der Waals surface area contributed by atoms with Gasteiger partial charge in [-0.2, -0.15) is 13.2 Å². The molecule has 0 aliphatic carbocycles. The van der Waals surface area contributed by atoms with Gasteiger partial charge in [0, 0.05) is 6.54 Å². The van der Waals surface area contributed by atoms with Crippen molar-refractivity contribution in [3.05, 3.63) is 47.0 Å². The largest absolute Gasteiger partial charge is 0.480 e. The fourth-order valence-electron chi connectivity index (χ4n) is 3.24. The molecule has 0 radical (unpaired) electrons. The van der Waals surface area contributed by atoms with E-state index < -0.39 is 23.8 Å². The molecule has 0 spiro atoms. The summed E-state index contributed by atoms with van der Waals surface area (Å²) < 4.78 is 39.9. The number of aliphatic carboxylic acids is 1. The monoisotopic (exact) mass is 368 g/mol. The van der Waals surface area contributed by atoms with Crippen LogP contribution in [0.5, 0.6) is 0 Å². The minimum atomic E-state index is -4.37. The first-order valence-corrected chi connectivity index (χ1v) is 8.19. The van der Waals surface area contributed by atoms with Crippen LogP contribution in [0, 0.1) is 6.92 Å². The van der Waals surface area contributed by atoms with Gasteiger partial charge in [-0.15, -0.1) is 10.2 Å². The van der Waals surface area contributed by atoms with Gasteiger partial charge >= 0.3 is 12.1 Å². The highest BCUT2D eigenvalue weighted by atomic mass is 19.4. The number of carboxylic acid groups (broad SMARTS) is 1. The van der Waals surface area contributed by atoms with E-state index in [1.807, 2.05) is 6.92 Å². The van der Waals surface area contributed by atoms with Crippen molar-refractivity contribution in [3.8, 4) is 0 Å². The second kappa shape index (κ2) is 6.71. The van der Waals surface area contributed by atoms with Crippen LogP contribution in [0.25, 0.3) is 0 Å². The van der Waals surface area contributed by atoms with Gasteiger partial charge in [-0.1, -0.05) is 19.1 Å². The molecule has 9 heteroatoms. The first-order valence-electron chi connectivity index (χ1n) is 8.19. The number of aryl methyl sites for hydroxylation is 1. The minimum Gasteiger partial charge on any atom is -0.480 e. The summed E-state index contributed by atoms with van der Waals surface area (Å²) in [7, 11) is 0. The summed E-state index contributed by atoms with van der Waals surface area (Å²) in [4.78, 5) is 13.4. The lowest BCUT2D eigenvalue weighted by molar-refractivity contribution is -0.145. The fourth-order valence-corrected chi connectivity index (χ4v) is 3.24. The third kappa shape index (κ3) is 3.57. The van der Waals surface area contributed by atoms with Crippen molar-refractivity contribution in [2.24, 2.45) is 0 Å². The van der Waals surface area contributed by atoms with Crippen molar-refractivity contribution in [3.63, 3.8) is 0 Å². The van der Waals surface area contributed by atoms with E-state index in [9.17, 15) is 23.1 Å². The van der Waals surface area contributed by atoms with Crippen molar-refractivity contribution in [1.29, 1.82) is 0 Å². The molecule has 1 aliphatic rings. The Morgan fingerprint density at radius 3 is 2.54 bits per heavy atom. The number of nitrogens with zero attached hydrogens (tertiary/aromatic N) is 4. The molecule has 1 N–H and O–H groups in total. The third-order valence-corrected chi connectivity index (χ3v) is 4.75. The Morgan fingerprint density at radius 2 is 1.96 bits per heavy atom. The van der Waals surface area contributed by atoms with Gasteiger partial charge in [-0.3, -0.25) is 9.69 Å². The van der Waals surface area contributed by atoms with Crippen LogP contribution in [-0.4, -0.2) is 43.3 Å². The second-order valence-electron chi connectivity index (χ2n) is 6.58. The Bertz CT molecular complexity index is 801. The molecule has 2 aromatic rings. The van der Waals surface area contributed by atoms with Crippen molar-refractivity contribution in [1.82, 2.24) is 19.7 Å². The van der Waals surface area contributed by atoms with Crippen molar-refractivity contribution < 1.29 is 23.1 Å². The zero-order valence-corrected chi connectivity index (χ0v) is 14.4. The Kier molecular flexibility index (Phi) is 4.74. The van der Waals surface area contributed by atoms with Crippen molar-refractivity contribution >= 4 is 5.97 Å². The smallest absolute Gasteiger partial charge is 0.416 e. The number of aromatic nitrogens is 3. The van der Waals surface area contributed by atoms with Crippen molar-refractivity contribution in [2.75, 3.05) is 6.54 Å². The summed E-state index contributed by atoms with van der Waals surface area (Å²) in [5.41, 5.74) is 0.0313. The van der Waals surface area contributed by atoms with Gasteiger partial charge in [0.2, 0.25) is 0 Å². The third-order valence-electron chi connectivity index (χ3n) is 4.75. The maximum absolute atomic E-state index is 12.7. The van der Waals surface area contributed by atoms with Gasteiger partial charge in [-0.25, -0.2) is 0 Å². The van der Waals surface area contributed by atoms with Crippen LogP contribution in [0.2, 0.25) is 0 Å². The van der Waals surface area contributed by atoms with Crippen LogP contribution in [0.15, 0.2) is 24.3 Å². The van der Waals surface area contributed by atoms with Crippen LogP contribution in [0.1, 0.15) is 35.6 Å². The van der Waals surface area contributed by atoms with E-state index >= 15 is 0 Å². The topological polar surface area (TPSA) is 71.2 Å². The summed E-state index contributed by atoms with van der Waals surface area (Å²) >= 11 is 0. The molecule has 1 aliphatic heterocycles. The molecule has 3 rings (SSSR count). The Labute approximate surface area is 148 Å². The highest BCUT2D eigenvalue weighted by Gasteiger charge is 2.34. The highest BCUT2D eigenvalue weighted by Crippen LogP contribution is 2.30. The van der Waals surface area contributed by atoms with Gasteiger partial charge in [0.05, 0.1) is 18.7 Å². The Balaban J connectivity index is 1.77. The summed E-state index contributed by atoms with van der Waals surface area (Å²) in [6, 6.07) is 4.27. The van der Waals surface area contributed by atoms with E-state index in [4.69, 9.17) is 0 Å². The molecule has 0 amide bonds. The van der Waals surface area contributed by atoms with E-state index in [-0.39, 0.29) is 12.5 Å². The molecule has 140 valence electrons. The number of carboxylic acids is 1. The molecular weight excluding hydrogens is 349 g/mol. The Morgan fingerprint density at radius 1 is 1.31 bits per heavy atom. The lowest BCUT2D eigenvalue weighted by Gasteiger charge is -2.35. The summed E-state index contributed by atoms with van der Waals surface area (Å²) in [5, 5.41) is 17.6. The van der Waals surface area contributed by atoms with E-state index in [1.54, 1.807) is 16.4 Å². The minimum absolute atomic E-state index is 0.130. The van der Waals surface area contributed by atoms with E-state index in [1.165, 1.54) is 12.1 Å². The molecule has 0 saturated carbocycles. The molecule has 0 bridgehead atoms. The zero-order valence-electron chi connectivity index (χ0n) is 14.4. The summed E-state index contributed by atoms with van der Waals surface area (Å²) in [6.45, 7) is 4.63. The molecule has 2 heterocycles. The second-order valence-corrected chi connectivity index (χ2v) is 6.58. The molecule has 1 aromatic carbocycles. The number of alkyl halides is 3. The average molecular weight is 368 g/mol. The van der Waals surface area contributed by atoms with Gasteiger partial charge in [0.1, 0.15) is 17.7 Å². The lowest BCUT2D eigenvalue weighted by Crippen LogP contribution is -2.49. The Hall–Kier alpha value is -2.42. The van der Waals surface area contributed by atoms with Crippen LogP contribution in [0.4, 0.5) is 13.2 Å². The average Bonchev–Trinajstić information content (AvgIpc) is 2.93. The van der Waals surface area contributed by atoms with Gasteiger partial charge in [-0.05, 0) is 30.5 Å². The van der Waals surface area contributed by atoms with Gasteiger partial charge in [0.15, 0.2) is 0 Å². The highest BCUT2D eigenvalue weighted by molar-refractivity contribution is 5.73. The summed E-state index contributed by atoms with van der Waals surface area (Å²) in [6.07, 6.45) is -4.37. The number of halogens is 3. The predicted molar refractivity (Wildman–Crippen MR) is 86.5 cm³/mol. The van der Waals surface area contributed by atoms with E-state index in [2.05, 4.69) is 10.2 Å². The normalized spacial score (nSPS) is 19.2. The molecule has 2 unspecified atom stereocenters. The molecule has 6 nitrogen and oxygen atoms in total. The lowest BCUT2D eigenvalue weighted by atomic mass is 9.98. The van der Waals surface area contributed by atoms with Gasteiger partial charge < -0.3 is 9.67 Å². The number of carbonyl (C=O) groups is 1. The molecular formula is C17H19F3N4O2. The number of hydrogen-bond donors (Lipinski definition) is 1. The number of benzene rings is 1. The summed E-state index contributed by atoms with van der Waals surface area (Å²) in [5.74, 6) is 0.291. The molecule has 26 heavy (non-hydrogen) atoms. The quantitative estimate of drug-likeness (QED) is 0.898. The number of fused-ring (bicyclic) bond motifs is 1. The van der Waals surface area contributed by atoms with Crippen molar-refractivity contribution in [2.45, 2.75) is 45.1 Å². The van der Waals surface area contributed by atoms with Crippen LogP contribution in [0.3, 0.4) is 0 Å². The molecule has 0 fully saturated rings. The van der Waals surface area contributed by atoms with Crippen LogP contribution < -0.4 is 0 Å². The van der Waals surface area contributed by atoms with Crippen LogP contribution >= 0.6 is 0 Å². The standard InChI is InChI=1S/C17H19F3N4O2/c1-10(12-3-5-13(6-4-12)17(18,19)20)7-23-9-15-22-21-11(2)24(15)8-14(23)16(25)26/h3-6,10,14H,7-9H2,1-2H3,(H,25,26). The molecule has 0 saturated heterocycles. The number of rotatable bonds is 4. The maximum atomic E-state index is 12.7. The van der Waals surface area contributed by atoms with Crippen LogP contribution in [-0.2, 0) is 24.1 Å². The SMILES string of the molecule is Cc1nnc2n1CC(C(=O)O)N(CC(C)c1ccc(C(F)(F)F)cc1)C2. The van der Waals surface area contributed by atoms with Gasteiger partial charge in [0.25, 0.3) is 0 Å². The molecule has 2 atom stereocenters.